The van der Waals surface area contributed by atoms with Gasteiger partial charge in [0, 0.05) is 19.2 Å². The van der Waals surface area contributed by atoms with Crippen molar-refractivity contribution in [3.8, 4) is 0 Å². The number of likely N-dealkylation sites (tertiary alicyclic amines) is 1. The van der Waals surface area contributed by atoms with Crippen LogP contribution in [0.5, 0.6) is 0 Å². The minimum absolute atomic E-state index is 0.207. The van der Waals surface area contributed by atoms with Crippen molar-refractivity contribution in [2.75, 3.05) is 27.8 Å². The van der Waals surface area contributed by atoms with Gasteiger partial charge in [-0.1, -0.05) is 54.2 Å². The van der Waals surface area contributed by atoms with E-state index in [0.717, 1.165) is 16.0 Å². The maximum absolute atomic E-state index is 13.7. The fourth-order valence-electron chi connectivity index (χ4n) is 5.78. The molecule has 2 aromatic rings. The molecule has 2 saturated heterocycles. The number of thioether (sulfide) groups is 1. The molecule has 5 rings (SSSR count). The molecular formula is C29H28F3N3O8S. The second-order valence-corrected chi connectivity index (χ2v) is 11.1. The number of ether oxygens (including phenoxy) is 2. The van der Waals surface area contributed by atoms with Crippen molar-refractivity contribution in [2.24, 2.45) is 16.8 Å². The number of hydrogen-bond donors (Lipinski definition) is 1. The Morgan fingerprint density at radius 1 is 1.00 bits per heavy atom. The number of fused-ring (bicyclic) bond motifs is 3. The van der Waals surface area contributed by atoms with Crippen LogP contribution < -0.4 is 0 Å². The van der Waals surface area contributed by atoms with E-state index in [1.54, 1.807) is 12.1 Å². The number of methoxy groups -OCH3 is 2. The molecule has 0 aromatic heterocycles. The van der Waals surface area contributed by atoms with Crippen molar-refractivity contribution >= 4 is 46.7 Å². The third-order valence-corrected chi connectivity index (χ3v) is 8.78. The van der Waals surface area contributed by atoms with Gasteiger partial charge in [0.2, 0.25) is 11.8 Å². The molecule has 2 fully saturated rings. The van der Waals surface area contributed by atoms with Gasteiger partial charge in [0.15, 0.2) is 10.7 Å². The first-order valence-electron chi connectivity index (χ1n) is 13.2. The summed E-state index contributed by atoms with van der Waals surface area (Å²) in [5.74, 6) is -5.40. The zero-order valence-electron chi connectivity index (χ0n) is 23.7. The van der Waals surface area contributed by atoms with Gasteiger partial charge in [-0.3, -0.25) is 19.5 Å². The summed E-state index contributed by atoms with van der Waals surface area (Å²) in [4.78, 5) is 68.7. The number of carbonyl (C=O) groups is 5. The van der Waals surface area contributed by atoms with E-state index < -0.39 is 47.5 Å². The van der Waals surface area contributed by atoms with Crippen LogP contribution in [0.2, 0.25) is 0 Å². The summed E-state index contributed by atoms with van der Waals surface area (Å²) in [5, 5.41) is 7.72. The lowest BCUT2D eigenvalue weighted by Gasteiger charge is -2.40. The topological polar surface area (TPSA) is 143 Å². The third-order valence-electron chi connectivity index (χ3n) is 7.72. The largest absolute Gasteiger partial charge is 0.490 e. The molecule has 0 spiro atoms. The number of halogens is 3. The highest BCUT2D eigenvalue weighted by atomic mass is 32.2. The Hall–Kier alpha value is -4.40. The minimum Gasteiger partial charge on any atom is -0.475 e. The lowest BCUT2D eigenvalue weighted by atomic mass is 9.76. The Morgan fingerprint density at radius 3 is 2.16 bits per heavy atom. The second-order valence-electron chi connectivity index (χ2n) is 10.2. The molecule has 2 aromatic carbocycles. The second kappa shape index (κ2) is 12.7. The number of imide groups is 1. The molecule has 1 N–H and O–H groups in total. The van der Waals surface area contributed by atoms with Crippen molar-refractivity contribution in [3.05, 3.63) is 71.3 Å². The molecule has 44 heavy (non-hydrogen) atoms. The lowest BCUT2D eigenvalue weighted by molar-refractivity contribution is -0.192. The van der Waals surface area contributed by atoms with Crippen LogP contribution in [0.1, 0.15) is 21.5 Å². The van der Waals surface area contributed by atoms with Crippen molar-refractivity contribution < 1.29 is 51.7 Å². The molecule has 0 unspecified atom stereocenters. The van der Waals surface area contributed by atoms with Gasteiger partial charge in [-0.15, -0.1) is 0 Å². The normalized spacial score (nSPS) is 23.8. The van der Waals surface area contributed by atoms with E-state index in [1.807, 2.05) is 47.4 Å². The number of aliphatic carboxylic acids is 1. The maximum Gasteiger partial charge on any atom is 0.490 e. The number of benzene rings is 2. The fraction of sp³-hybridized carbons (Fsp3) is 0.379. The van der Waals surface area contributed by atoms with Gasteiger partial charge in [0.1, 0.15) is 0 Å². The van der Waals surface area contributed by atoms with Gasteiger partial charge in [0.05, 0.1) is 44.2 Å². The first-order valence-corrected chi connectivity index (χ1v) is 14.1. The molecule has 0 aliphatic carbocycles. The van der Waals surface area contributed by atoms with Gasteiger partial charge < -0.3 is 19.5 Å². The summed E-state index contributed by atoms with van der Waals surface area (Å²) < 4.78 is 41.8. The van der Waals surface area contributed by atoms with E-state index in [1.165, 1.54) is 33.0 Å². The highest BCUT2D eigenvalue weighted by molar-refractivity contribution is 8.13. The molecule has 0 saturated carbocycles. The predicted octanol–water partition coefficient (Wildman–Crippen LogP) is 2.78. The molecule has 11 nitrogen and oxygen atoms in total. The molecule has 4 atom stereocenters. The molecule has 3 aliphatic rings. The number of carbonyl (C=O) groups excluding carboxylic acids is 4. The summed E-state index contributed by atoms with van der Waals surface area (Å²) in [6, 6.07) is 16.1. The van der Waals surface area contributed by atoms with E-state index in [9.17, 15) is 32.3 Å². The summed E-state index contributed by atoms with van der Waals surface area (Å²) in [5.41, 5.74) is 0.856. The number of esters is 2. The number of amidine groups is 1. The number of nitrogens with zero attached hydrogens (tertiary/aromatic N) is 3. The van der Waals surface area contributed by atoms with Crippen LogP contribution in [-0.2, 0) is 40.8 Å². The van der Waals surface area contributed by atoms with Crippen LogP contribution in [-0.4, -0.2) is 95.4 Å². The first kappa shape index (κ1) is 32.5. The number of amides is 2. The van der Waals surface area contributed by atoms with Crippen molar-refractivity contribution in [3.63, 3.8) is 0 Å². The van der Waals surface area contributed by atoms with Crippen LogP contribution in [0.15, 0.2) is 59.6 Å². The zero-order chi connectivity index (χ0) is 32.4. The molecule has 0 bridgehead atoms. The molecule has 3 heterocycles. The predicted molar refractivity (Wildman–Crippen MR) is 150 cm³/mol. The minimum atomic E-state index is -5.08. The third kappa shape index (κ3) is 5.87. The standard InChI is InChI=1S/C27H27N3O6S.C2HF3O2/c1-29-22(31)20-19-14-28-26(37-15-17-9-11-18(12-10-17)24(33)35-2)30(19)27(25(34)36-3,21(20)23(29)32)13-16-7-5-4-6-8-16;3-2(4,5)1(6)7/h4-12,19-21H,13-15H2,1-3H3;(H,6,7)/t19-,20+,21-,27-;/m1./s1. The fourth-order valence-corrected chi connectivity index (χ4v) is 6.87. The summed E-state index contributed by atoms with van der Waals surface area (Å²) in [6.07, 6.45) is -4.88. The van der Waals surface area contributed by atoms with Crippen molar-refractivity contribution in [2.45, 2.75) is 29.9 Å². The SMILES string of the molecule is COC(=O)c1ccc(CSC2=NC[C@@H]3[C@@H]4C(=O)N(C)C(=O)[C@@H]4[C@](Cc4ccccc4)(C(=O)OC)N23)cc1.O=C(O)C(F)(F)F. The maximum atomic E-state index is 13.7. The van der Waals surface area contributed by atoms with Crippen LogP contribution in [0.25, 0.3) is 0 Å². The summed E-state index contributed by atoms with van der Waals surface area (Å²) in [6.45, 7) is 0.311. The highest BCUT2D eigenvalue weighted by Crippen LogP contribution is 2.53. The molecule has 0 radical (unpaired) electrons. The van der Waals surface area contributed by atoms with Gasteiger partial charge in [0.25, 0.3) is 0 Å². The number of rotatable bonds is 6. The van der Waals surface area contributed by atoms with E-state index in [4.69, 9.17) is 24.4 Å². The quantitative estimate of drug-likeness (QED) is 0.372. The van der Waals surface area contributed by atoms with Crippen LogP contribution in [0.3, 0.4) is 0 Å². The number of aliphatic imine (C=N–C) groups is 1. The van der Waals surface area contributed by atoms with E-state index in [0.29, 0.717) is 23.0 Å². The molecular weight excluding hydrogens is 607 g/mol. The van der Waals surface area contributed by atoms with E-state index in [2.05, 4.69) is 0 Å². The Labute approximate surface area is 254 Å². The van der Waals surface area contributed by atoms with Crippen molar-refractivity contribution in [1.82, 2.24) is 9.80 Å². The highest BCUT2D eigenvalue weighted by Gasteiger charge is 2.73. The first-order chi connectivity index (χ1) is 20.8. The smallest absolute Gasteiger partial charge is 0.475 e. The van der Waals surface area contributed by atoms with Gasteiger partial charge >= 0.3 is 24.1 Å². The monoisotopic (exact) mass is 635 g/mol. The van der Waals surface area contributed by atoms with Crippen molar-refractivity contribution in [1.29, 1.82) is 0 Å². The Kier molecular flexibility index (Phi) is 9.37. The number of hydrogen-bond acceptors (Lipinski definition) is 10. The molecule has 2 amide bonds. The lowest BCUT2D eigenvalue weighted by Crippen LogP contribution is -2.60. The zero-order valence-corrected chi connectivity index (χ0v) is 24.6. The summed E-state index contributed by atoms with van der Waals surface area (Å²) >= 11 is 1.43. The molecule has 3 aliphatic heterocycles. The van der Waals surface area contributed by atoms with Gasteiger partial charge in [-0.25, -0.2) is 14.4 Å². The Balaban J connectivity index is 0.000000566. The van der Waals surface area contributed by atoms with Crippen LogP contribution >= 0.6 is 11.8 Å². The molecule has 15 heteroatoms. The summed E-state index contributed by atoms with van der Waals surface area (Å²) in [7, 11) is 4.12. The average molecular weight is 636 g/mol. The number of carboxylic acids is 1. The number of alkyl halides is 3. The van der Waals surface area contributed by atoms with Crippen LogP contribution in [0.4, 0.5) is 13.2 Å². The van der Waals surface area contributed by atoms with Gasteiger partial charge in [-0.05, 0) is 23.3 Å². The molecule has 234 valence electrons. The van der Waals surface area contributed by atoms with E-state index >= 15 is 0 Å². The Morgan fingerprint density at radius 2 is 1.61 bits per heavy atom. The average Bonchev–Trinajstić information content (AvgIpc) is 3.62. The Bertz CT molecular complexity index is 1480. The van der Waals surface area contributed by atoms with E-state index in [-0.39, 0.29) is 18.2 Å². The van der Waals surface area contributed by atoms with Crippen LogP contribution in [0, 0.1) is 11.8 Å². The number of carboxylic acid groups (broad SMARTS) is 1. The van der Waals surface area contributed by atoms with Gasteiger partial charge in [-0.2, -0.15) is 13.2 Å².